The van der Waals surface area contributed by atoms with Gasteiger partial charge in [-0.25, -0.2) is 0 Å². The number of hydrogen-bond acceptors (Lipinski definition) is 6. The molecule has 1 aliphatic rings. The zero-order valence-electron chi connectivity index (χ0n) is 22.0. The fourth-order valence-electron chi connectivity index (χ4n) is 4.75. The van der Waals surface area contributed by atoms with Crippen molar-refractivity contribution in [2.75, 3.05) is 33.0 Å². The Morgan fingerprint density at radius 3 is 2.57 bits per heavy atom. The SMILES string of the molecule is CCCCCOc1ccc(C2c3c(-c4ccccc4O)n[nH]c3C(=O)N2CCCOCC)cc1OCC. The summed E-state index contributed by atoms with van der Waals surface area (Å²) in [5.74, 6) is 1.34. The molecule has 8 heteroatoms. The van der Waals surface area contributed by atoms with Gasteiger partial charge in [0.05, 0.1) is 19.3 Å². The maximum atomic E-state index is 13.5. The van der Waals surface area contributed by atoms with Gasteiger partial charge in [0.2, 0.25) is 0 Å². The van der Waals surface area contributed by atoms with Gasteiger partial charge >= 0.3 is 0 Å². The molecular formula is C29H37N3O5. The van der Waals surface area contributed by atoms with Crippen molar-refractivity contribution in [1.29, 1.82) is 0 Å². The number of aromatic hydroxyl groups is 1. The van der Waals surface area contributed by atoms with Crippen LogP contribution >= 0.6 is 0 Å². The number of phenolic OH excluding ortho intramolecular Hbond substituents is 1. The minimum Gasteiger partial charge on any atom is -0.507 e. The van der Waals surface area contributed by atoms with Crippen molar-refractivity contribution in [3.63, 3.8) is 0 Å². The summed E-state index contributed by atoms with van der Waals surface area (Å²) < 4.78 is 17.5. The number of hydrogen-bond donors (Lipinski definition) is 2. The van der Waals surface area contributed by atoms with Gasteiger partial charge in [-0.05, 0) is 56.5 Å². The number of carbonyl (C=O) groups is 1. The van der Waals surface area contributed by atoms with Crippen LogP contribution in [0.15, 0.2) is 42.5 Å². The van der Waals surface area contributed by atoms with Crippen molar-refractivity contribution >= 4 is 5.91 Å². The van der Waals surface area contributed by atoms with Crippen LogP contribution in [0.4, 0.5) is 0 Å². The molecule has 0 radical (unpaired) electrons. The highest BCUT2D eigenvalue weighted by Gasteiger charge is 2.42. The van der Waals surface area contributed by atoms with E-state index >= 15 is 0 Å². The van der Waals surface area contributed by atoms with Crippen molar-refractivity contribution in [3.8, 4) is 28.5 Å². The number of H-pyrrole nitrogens is 1. The number of amides is 1. The Balaban J connectivity index is 1.74. The predicted molar refractivity (Wildman–Crippen MR) is 142 cm³/mol. The lowest BCUT2D eigenvalue weighted by Gasteiger charge is -2.27. The van der Waals surface area contributed by atoms with Crippen molar-refractivity contribution in [2.24, 2.45) is 0 Å². The van der Waals surface area contributed by atoms with Gasteiger partial charge in [-0.3, -0.25) is 9.89 Å². The number of benzene rings is 2. The molecule has 3 aromatic rings. The lowest BCUT2D eigenvalue weighted by atomic mass is 9.95. The molecule has 0 bridgehead atoms. The van der Waals surface area contributed by atoms with E-state index in [2.05, 4.69) is 17.1 Å². The number of nitrogens with one attached hydrogen (secondary N) is 1. The minimum atomic E-state index is -0.397. The van der Waals surface area contributed by atoms with Crippen molar-refractivity contribution in [2.45, 2.75) is 52.5 Å². The van der Waals surface area contributed by atoms with Gasteiger partial charge in [0.1, 0.15) is 17.1 Å². The third kappa shape index (κ3) is 5.74. The van der Waals surface area contributed by atoms with Gasteiger partial charge in [-0.2, -0.15) is 5.10 Å². The molecule has 37 heavy (non-hydrogen) atoms. The Kier molecular flexibility index (Phi) is 9.06. The minimum absolute atomic E-state index is 0.114. The summed E-state index contributed by atoms with van der Waals surface area (Å²) >= 11 is 0. The predicted octanol–water partition coefficient (Wildman–Crippen LogP) is 5.72. The van der Waals surface area contributed by atoms with E-state index in [0.717, 1.165) is 30.4 Å². The number of nitrogens with zero attached hydrogens (tertiary/aromatic N) is 2. The molecule has 2 N–H and O–H groups in total. The van der Waals surface area contributed by atoms with Crippen molar-refractivity contribution in [1.82, 2.24) is 15.1 Å². The van der Waals surface area contributed by atoms with Gasteiger partial charge < -0.3 is 24.2 Å². The molecular weight excluding hydrogens is 470 g/mol. The maximum absolute atomic E-state index is 13.5. The molecule has 0 saturated carbocycles. The molecule has 1 atom stereocenters. The molecule has 198 valence electrons. The van der Waals surface area contributed by atoms with Crippen molar-refractivity contribution in [3.05, 3.63) is 59.3 Å². The Hall–Kier alpha value is -3.52. The highest BCUT2D eigenvalue weighted by molar-refractivity contribution is 6.00. The topological polar surface area (TPSA) is 96.9 Å². The smallest absolute Gasteiger partial charge is 0.273 e. The Morgan fingerprint density at radius 2 is 1.81 bits per heavy atom. The number of carbonyl (C=O) groups excluding carboxylic acids is 1. The molecule has 1 amide bonds. The van der Waals surface area contributed by atoms with Gasteiger partial charge in [-0.15, -0.1) is 0 Å². The second-order valence-corrected chi connectivity index (χ2v) is 9.02. The molecule has 2 aromatic carbocycles. The van der Waals surface area contributed by atoms with Gasteiger partial charge in [0, 0.05) is 30.9 Å². The summed E-state index contributed by atoms with van der Waals surface area (Å²) in [5.41, 5.74) is 3.23. The van der Waals surface area contributed by atoms with Gasteiger partial charge in [-0.1, -0.05) is 38.0 Å². The molecule has 0 aliphatic carbocycles. The fourth-order valence-corrected chi connectivity index (χ4v) is 4.75. The number of rotatable bonds is 14. The van der Waals surface area contributed by atoms with E-state index in [1.807, 2.05) is 49.1 Å². The molecule has 1 aromatic heterocycles. The zero-order chi connectivity index (χ0) is 26.2. The molecule has 0 spiro atoms. The van der Waals surface area contributed by atoms with E-state index < -0.39 is 6.04 Å². The van der Waals surface area contributed by atoms with Gasteiger partial charge in [0.15, 0.2) is 11.5 Å². The van der Waals surface area contributed by atoms with Crippen LogP contribution < -0.4 is 9.47 Å². The second-order valence-electron chi connectivity index (χ2n) is 9.02. The average molecular weight is 508 g/mol. The van der Waals surface area contributed by atoms with E-state index in [-0.39, 0.29) is 11.7 Å². The Bertz CT molecular complexity index is 1190. The first-order valence-corrected chi connectivity index (χ1v) is 13.2. The van der Waals surface area contributed by atoms with E-state index in [4.69, 9.17) is 14.2 Å². The summed E-state index contributed by atoms with van der Waals surface area (Å²) in [6, 6.07) is 12.5. The molecule has 1 unspecified atom stereocenters. The summed E-state index contributed by atoms with van der Waals surface area (Å²) in [6.07, 6.45) is 3.93. The molecule has 1 aliphatic heterocycles. The number of phenols is 1. The number of fused-ring (bicyclic) bond motifs is 1. The first kappa shape index (κ1) is 26.5. The number of ether oxygens (including phenoxy) is 3. The molecule has 4 rings (SSSR count). The third-order valence-corrected chi connectivity index (χ3v) is 6.50. The highest BCUT2D eigenvalue weighted by Crippen LogP contribution is 2.45. The summed E-state index contributed by atoms with van der Waals surface area (Å²) in [6.45, 7) is 8.91. The molecule has 2 heterocycles. The standard InChI is InChI=1S/C29H37N3O5/c1-4-7-10-18-37-23-15-14-20(19-24(23)36-6-3)28-25-26(21-12-8-9-13-22(21)33)30-31-27(25)29(34)32(28)16-11-17-35-5-2/h8-9,12-15,19,28,33H,4-7,10-11,16-18H2,1-3H3,(H,30,31). The Labute approximate surface area is 218 Å². The average Bonchev–Trinajstić information content (AvgIpc) is 3.44. The van der Waals surface area contributed by atoms with Crippen molar-refractivity contribution < 1.29 is 24.1 Å². The first-order valence-electron chi connectivity index (χ1n) is 13.2. The monoisotopic (exact) mass is 507 g/mol. The Morgan fingerprint density at radius 1 is 0.973 bits per heavy atom. The number of aromatic nitrogens is 2. The third-order valence-electron chi connectivity index (χ3n) is 6.50. The molecule has 0 saturated heterocycles. The van der Waals surface area contributed by atoms with E-state index in [0.29, 0.717) is 67.8 Å². The maximum Gasteiger partial charge on any atom is 0.273 e. The van der Waals surface area contributed by atoms with E-state index in [1.165, 1.54) is 0 Å². The summed E-state index contributed by atoms with van der Waals surface area (Å²) in [7, 11) is 0. The summed E-state index contributed by atoms with van der Waals surface area (Å²) in [4.78, 5) is 15.4. The van der Waals surface area contributed by atoms with Crippen LogP contribution in [0.3, 0.4) is 0 Å². The lowest BCUT2D eigenvalue weighted by molar-refractivity contribution is 0.0710. The summed E-state index contributed by atoms with van der Waals surface area (Å²) in [5, 5.41) is 18.0. The van der Waals surface area contributed by atoms with E-state index in [1.54, 1.807) is 12.1 Å². The zero-order valence-corrected chi connectivity index (χ0v) is 22.0. The first-order chi connectivity index (χ1) is 18.1. The van der Waals surface area contributed by atoms with Crippen LogP contribution in [0.5, 0.6) is 17.2 Å². The number of aromatic amines is 1. The highest BCUT2D eigenvalue weighted by atomic mass is 16.5. The van der Waals surface area contributed by atoms with Crippen LogP contribution in [0, 0.1) is 0 Å². The van der Waals surface area contributed by atoms with Crippen LogP contribution in [0.1, 0.15) is 74.1 Å². The van der Waals surface area contributed by atoms with Crippen LogP contribution in [0.25, 0.3) is 11.3 Å². The normalized spacial score (nSPS) is 14.7. The number of unbranched alkanes of at least 4 members (excludes halogenated alkanes) is 2. The van der Waals surface area contributed by atoms with Crippen LogP contribution in [-0.4, -0.2) is 59.1 Å². The quantitative estimate of drug-likeness (QED) is 0.271. The number of para-hydroxylation sites is 1. The van der Waals surface area contributed by atoms with Crippen LogP contribution in [0.2, 0.25) is 0 Å². The molecule has 0 fully saturated rings. The fraction of sp³-hybridized carbons (Fsp3) is 0.448. The van der Waals surface area contributed by atoms with Gasteiger partial charge in [0.25, 0.3) is 5.91 Å². The molecule has 8 nitrogen and oxygen atoms in total. The lowest BCUT2D eigenvalue weighted by Crippen LogP contribution is -2.31. The van der Waals surface area contributed by atoms with E-state index in [9.17, 15) is 9.90 Å². The largest absolute Gasteiger partial charge is 0.507 e. The second kappa shape index (κ2) is 12.6. The van der Waals surface area contributed by atoms with Crippen LogP contribution in [-0.2, 0) is 4.74 Å².